The second-order valence-corrected chi connectivity index (χ2v) is 11.1. The molecule has 33 heavy (non-hydrogen) atoms. The van der Waals surface area contributed by atoms with Crippen LogP contribution in [-0.2, 0) is 16.8 Å². The van der Waals surface area contributed by atoms with E-state index < -0.39 is 5.54 Å². The monoisotopic (exact) mass is 470 g/mol. The first kappa shape index (κ1) is 23.8. The van der Waals surface area contributed by atoms with E-state index in [2.05, 4.69) is 26.1 Å². The van der Waals surface area contributed by atoms with Crippen molar-refractivity contribution in [2.75, 3.05) is 4.90 Å². The van der Waals surface area contributed by atoms with Crippen LogP contribution in [0.15, 0.2) is 30.3 Å². The van der Waals surface area contributed by atoms with E-state index in [1.54, 1.807) is 21.7 Å². The van der Waals surface area contributed by atoms with Crippen LogP contribution < -0.4 is 10.2 Å². The fourth-order valence-electron chi connectivity index (χ4n) is 4.90. The van der Waals surface area contributed by atoms with Gasteiger partial charge < -0.3 is 5.32 Å². The van der Waals surface area contributed by atoms with Gasteiger partial charge in [0.25, 0.3) is 5.91 Å². The topological polar surface area (TPSA) is 67.2 Å². The molecule has 1 N–H and O–H groups in total. The molecule has 1 aliphatic carbocycles. The molecule has 2 aliphatic rings. The zero-order chi connectivity index (χ0) is 23.8. The third-order valence-electron chi connectivity index (χ3n) is 6.94. The number of halogens is 1. The second kappa shape index (κ2) is 9.13. The highest BCUT2D eigenvalue weighted by Gasteiger charge is 2.50. The van der Waals surface area contributed by atoms with Crippen LogP contribution in [0.25, 0.3) is 0 Å². The molecule has 4 rings (SSSR count). The van der Waals surface area contributed by atoms with Crippen LogP contribution in [0.4, 0.5) is 5.69 Å². The largest absolute Gasteiger partial charge is 0.351 e. The van der Waals surface area contributed by atoms with Gasteiger partial charge in [0, 0.05) is 11.5 Å². The number of nitrogens with one attached hydrogen (secondary N) is 1. The molecular formula is C26H35ClN4O2. The van der Waals surface area contributed by atoms with Gasteiger partial charge in [-0.1, -0.05) is 76.6 Å². The Kier molecular flexibility index (Phi) is 6.59. The number of para-hydroxylation sites is 1. The number of benzene rings is 1. The van der Waals surface area contributed by atoms with E-state index in [4.69, 9.17) is 16.7 Å². The molecule has 1 aliphatic heterocycles. The van der Waals surface area contributed by atoms with Crippen LogP contribution in [-0.4, -0.2) is 33.2 Å². The molecule has 7 heteroatoms. The summed E-state index contributed by atoms with van der Waals surface area (Å²) in [6.07, 6.45) is 7.87. The molecule has 0 bridgehead atoms. The Morgan fingerprint density at radius 3 is 2.39 bits per heavy atom. The third kappa shape index (κ3) is 4.68. The van der Waals surface area contributed by atoms with Crippen molar-refractivity contribution >= 4 is 29.1 Å². The van der Waals surface area contributed by atoms with Crippen molar-refractivity contribution in [3.8, 4) is 0 Å². The number of rotatable bonds is 3. The Morgan fingerprint density at radius 2 is 1.76 bits per heavy atom. The first-order chi connectivity index (χ1) is 15.6. The quantitative estimate of drug-likeness (QED) is 0.645. The highest BCUT2D eigenvalue weighted by molar-refractivity contribution is 6.34. The van der Waals surface area contributed by atoms with Gasteiger partial charge in [0.15, 0.2) is 0 Å². The van der Waals surface area contributed by atoms with E-state index in [9.17, 15) is 9.59 Å². The lowest BCUT2D eigenvalue weighted by Crippen LogP contribution is -2.65. The van der Waals surface area contributed by atoms with Crippen LogP contribution in [0.5, 0.6) is 0 Å². The van der Waals surface area contributed by atoms with Gasteiger partial charge in [-0.25, -0.2) is 0 Å². The molecule has 1 atom stereocenters. The smallest absolute Gasteiger partial charge is 0.277 e. The molecule has 0 saturated heterocycles. The van der Waals surface area contributed by atoms with Crippen molar-refractivity contribution in [3.05, 3.63) is 46.7 Å². The average molecular weight is 471 g/mol. The van der Waals surface area contributed by atoms with E-state index in [1.165, 1.54) is 19.3 Å². The minimum absolute atomic E-state index is 0.127. The number of aromatic nitrogens is 2. The Bertz CT molecular complexity index is 1030. The SMILES string of the molecule is CC(C)(C)c1cc2n(n1)C[C@@](C)(C(=O)NC1CCCCCCC1)N(c1ccccc1Cl)C2=O. The number of hydrogen-bond acceptors (Lipinski definition) is 3. The Labute approximate surface area is 201 Å². The minimum atomic E-state index is -1.15. The summed E-state index contributed by atoms with van der Waals surface area (Å²) in [6.45, 7) is 8.30. The van der Waals surface area contributed by atoms with E-state index in [1.807, 2.05) is 25.1 Å². The van der Waals surface area contributed by atoms with Crippen LogP contribution in [0.1, 0.15) is 88.8 Å². The Hall–Kier alpha value is -2.34. The molecule has 1 aromatic heterocycles. The number of carbonyl (C=O) groups excluding carboxylic acids is 2. The summed E-state index contributed by atoms with van der Waals surface area (Å²) >= 11 is 6.54. The summed E-state index contributed by atoms with van der Waals surface area (Å²) in [5.74, 6) is -0.410. The van der Waals surface area contributed by atoms with Gasteiger partial charge in [-0.15, -0.1) is 0 Å². The molecule has 6 nitrogen and oxygen atoms in total. The van der Waals surface area contributed by atoms with Gasteiger partial charge in [0.1, 0.15) is 11.2 Å². The van der Waals surface area contributed by atoms with Gasteiger partial charge in [-0.2, -0.15) is 5.10 Å². The van der Waals surface area contributed by atoms with Gasteiger partial charge in [0.05, 0.1) is 22.9 Å². The molecule has 1 saturated carbocycles. The lowest BCUT2D eigenvalue weighted by Gasteiger charge is -2.44. The van der Waals surface area contributed by atoms with E-state index >= 15 is 0 Å². The second-order valence-electron chi connectivity index (χ2n) is 10.7. The molecule has 2 amide bonds. The lowest BCUT2D eigenvalue weighted by atomic mass is 9.90. The van der Waals surface area contributed by atoms with Crippen LogP contribution >= 0.6 is 11.6 Å². The van der Waals surface area contributed by atoms with Crippen molar-refractivity contribution in [2.24, 2.45) is 0 Å². The number of amides is 2. The fourth-order valence-corrected chi connectivity index (χ4v) is 5.12. The first-order valence-corrected chi connectivity index (χ1v) is 12.5. The number of anilines is 1. The zero-order valence-corrected chi connectivity index (χ0v) is 20.9. The van der Waals surface area contributed by atoms with Gasteiger partial charge in [0.2, 0.25) is 5.91 Å². The standard InChI is InChI=1S/C26H35ClN4O2/c1-25(2,3)22-16-21-23(32)31(20-15-11-10-14-19(20)27)26(4,17-30(21)29-22)24(33)28-18-12-8-6-5-7-9-13-18/h10-11,14-16,18H,5-9,12-13,17H2,1-4H3,(H,28,33)/t26-/m0/s1. The summed E-state index contributed by atoms with van der Waals surface area (Å²) < 4.78 is 1.70. The van der Waals surface area contributed by atoms with Crippen molar-refractivity contribution in [1.29, 1.82) is 0 Å². The number of fused-ring (bicyclic) bond motifs is 1. The van der Waals surface area contributed by atoms with Crippen molar-refractivity contribution in [1.82, 2.24) is 15.1 Å². The normalized spacial score (nSPS) is 22.5. The first-order valence-electron chi connectivity index (χ1n) is 12.1. The summed E-state index contributed by atoms with van der Waals surface area (Å²) in [5.41, 5.74) is 0.491. The minimum Gasteiger partial charge on any atom is -0.351 e. The third-order valence-corrected chi connectivity index (χ3v) is 7.26. The fraction of sp³-hybridized carbons (Fsp3) is 0.577. The van der Waals surface area contributed by atoms with Crippen LogP contribution in [0.2, 0.25) is 5.02 Å². The maximum absolute atomic E-state index is 13.9. The summed E-state index contributed by atoms with van der Waals surface area (Å²) in [5, 5.41) is 8.46. The van der Waals surface area contributed by atoms with Crippen LogP contribution in [0.3, 0.4) is 0 Å². The number of nitrogens with zero attached hydrogens (tertiary/aromatic N) is 3. The average Bonchev–Trinajstić information content (AvgIpc) is 3.16. The summed E-state index contributed by atoms with van der Waals surface area (Å²) in [7, 11) is 0. The maximum atomic E-state index is 13.9. The van der Waals surface area contributed by atoms with E-state index in [0.717, 1.165) is 31.4 Å². The maximum Gasteiger partial charge on any atom is 0.277 e. The van der Waals surface area contributed by atoms with Crippen molar-refractivity contribution in [3.63, 3.8) is 0 Å². The molecule has 0 unspecified atom stereocenters. The van der Waals surface area contributed by atoms with Crippen molar-refractivity contribution < 1.29 is 9.59 Å². The molecule has 0 radical (unpaired) electrons. The van der Waals surface area contributed by atoms with Crippen LogP contribution in [0, 0.1) is 0 Å². The Balaban J connectivity index is 1.74. The molecule has 0 spiro atoms. The van der Waals surface area contributed by atoms with Gasteiger partial charge >= 0.3 is 0 Å². The summed E-state index contributed by atoms with van der Waals surface area (Å²) in [6, 6.07) is 9.20. The number of hydrogen-bond donors (Lipinski definition) is 1. The highest BCUT2D eigenvalue weighted by atomic mass is 35.5. The highest BCUT2D eigenvalue weighted by Crippen LogP contribution is 2.37. The van der Waals surface area contributed by atoms with Gasteiger partial charge in [-0.05, 0) is 38.0 Å². The zero-order valence-electron chi connectivity index (χ0n) is 20.2. The molecule has 178 valence electrons. The predicted molar refractivity (Wildman–Crippen MR) is 132 cm³/mol. The molecule has 2 heterocycles. The molecular weight excluding hydrogens is 436 g/mol. The molecule has 1 aromatic carbocycles. The van der Waals surface area contributed by atoms with Gasteiger partial charge in [-0.3, -0.25) is 19.2 Å². The Morgan fingerprint density at radius 1 is 1.12 bits per heavy atom. The molecule has 1 fully saturated rings. The number of carbonyl (C=O) groups is 2. The summed E-state index contributed by atoms with van der Waals surface area (Å²) in [4.78, 5) is 29.3. The van der Waals surface area contributed by atoms with E-state index in [-0.39, 0.29) is 29.8 Å². The van der Waals surface area contributed by atoms with Crippen molar-refractivity contribution in [2.45, 2.75) is 96.2 Å². The predicted octanol–water partition coefficient (Wildman–Crippen LogP) is 5.48. The lowest BCUT2D eigenvalue weighted by molar-refractivity contribution is -0.127. The molecule has 2 aromatic rings. The van der Waals surface area contributed by atoms with E-state index in [0.29, 0.717) is 16.4 Å².